The highest BCUT2D eigenvalue weighted by atomic mass is 16.5. The lowest BCUT2D eigenvalue weighted by molar-refractivity contribution is -0.139. The highest BCUT2D eigenvalue weighted by Crippen LogP contribution is 2.75. The van der Waals surface area contributed by atoms with E-state index >= 15 is 0 Å². The maximum absolute atomic E-state index is 12.9. The highest BCUT2D eigenvalue weighted by molar-refractivity contribution is 6.04. The van der Waals surface area contributed by atoms with Crippen molar-refractivity contribution in [3.63, 3.8) is 0 Å². The van der Waals surface area contributed by atoms with Crippen LogP contribution >= 0.6 is 0 Å². The third-order valence-corrected chi connectivity index (χ3v) is 8.35. The molecule has 2 fully saturated rings. The molecule has 4 rings (SSSR count). The smallest absolute Gasteiger partial charge is 0.190 e. The van der Waals surface area contributed by atoms with Crippen LogP contribution in [0.25, 0.3) is 0 Å². The minimum absolute atomic E-state index is 0.0520. The van der Waals surface area contributed by atoms with Crippen LogP contribution in [0, 0.1) is 40.9 Å². The number of carbonyl (C=O) groups excluding carboxylic acids is 1. The lowest BCUT2D eigenvalue weighted by Crippen LogP contribution is -2.49. The summed E-state index contributed by atoms with van der Waals surface area (Å²) in [7, 11) is 0. The number of allylic oxidation sites excluding steroid dienone is 1. The van der Waals surface area contributed by atoms with Gasteiger partial charge in [0.15, 0.2) is 5.78 Å². The molecule has 0 radical (unpaired) electrons. The van der Waals surface area contributed by atoms with Crippen molar-refractivity contribution in [3.8, 4) is 0 Å². The monoisotopic (exact) mass is 388 g/mol. The first-order valence-electron chi connectivity index (χ1n) is 10.9. The average Bonchev–Trinajstić information content (AvgIpc) is 3.06. The van der Waals surface area contributed by atoms with E-state index < -0.39 is 5.60 Å². The largest absolute Gasteiger partial charge is 0.392 e. The summed E-state index contributed by atoms with van der Waals surface area (Å²) in [5, 5.41) is 21.5. The Bertz CT molecular complexity index is 748. The van der Waals surface area contributed by atoms with E-state index in [0.717, 1.165) is 18.6 Å². The number of fused-ring (bicyclic) bond motifs is 5. The van der Waals surface area contributed by atoms with Crippen molar-refractivity contribution >= 4 is 5.78 Å². The number of hydrogen-bond donors (Lipinski definition) is 2. The first-order valence-corrected chi connectivity index (χ1v) is 10.9. The fraction of sp³-hybridized carbons (Fsp3) is 0.792. The van der Waals surface area contributed by atoms with Crippen LogP contribution in [0.4, 0.5) is 0 Å². The van der Waals surface area contributed by atoms with E-state index in [1.54, 1.807) is 0 Å². The van der Waals surface area contributed by atoms with E-state index in [0.29, 0.717) is 23.3 Å². The zero-order chi connectivity index (χ0) is 20.6. The Morgan fingerprint density at radius 3 is 2.57 bits per heavy atom. The zero-order valence-electron chi connectivity index (χ0n) is 18.2. The molecule has 1 unspecified atom stereocenters. The van der Waals surface area contributed by atoms with Gasteiger partial charge in [0.05, 0.1) is 12.2 Å². The van der Waals surface area contributed by atoms with Crippen molar-refractivity contribution in [3.05, 3.63) is 23.3 Å². The van der Waals surface area contributed by atoms with Crippen molar-refractivity contribution in [2.24, 2.45) is 40.9 Å². The summed E-state index contributed by atoms with van der Waals surface area (Å²) in [4.78, 5) is 12.9. The number of ether oxygens (including phenoxy) is 1. The van der Waals surface area contributed by atoms with Gasteiger partial charge in [-0.05, 0) is 48.2 Å². The van der Waals surface area contributed by atoms with E-state index in [-0.39, 0.29) is 47.6 Å². The number of hydrogen-bond acceptors (Lipinski definition) is 4. The summed E-state index contributed by atoms with van der Waals surface area (Å²) < 4.78 is 6.59. The Morgan fingerprint density at radius 2 is 1.96 bits per heavy atom. The topological polar surface area (TPSA) is 66.8 Å². The van der Waals surface area contributed by atoms with Gasteiger partial charge in [0.1, 0.15) is 5.60 Å². The second-order valence-electron chi connectivity index (χ2n) is 10.9. The van der Waals surface area contributed by atoms with Gasteiger partial charge in [-0.25, -0.2) is 0 Å². The SMILES string of the molecule is CC1=C[C@H]2C3[C@H](C)C[C@]4(OCC(C)C)[C@H]([C@@H]3C=C(CO)C[C@]2(O)C1=O)C4(C)C. The molecule has 156 valence electrons. The average molecular weight is 389 g/mol. The normalized spacial score (nSPS) is 46.3. The maximum atomic E-state index is 12.9. The molecule has 4 aliphatic rings. The van der Waals surface area contributed by atoms with Gasteiger partial charge in [-0.2, -0.15) is 0 Å². The summed E-state index contributed by atoms with van der Waals surface area (Å²) in [6.45, 7) is 13.7. The molecule has 0 bridgehead atoms. The van der Waals surface area contributed by atoms with E-state index in [1.807, 2.05) is 13.0 Å². The van der Waals surface area contributed by atoms with Gasteiger partial charge < -0.3 is 14.9 Å². The van der Waals surface area contributed by atoms with E-state index in [2.05, 4.69) is 40.7 Å². The van der Waals surface area contributed by atoms with Crippen LogP contribution in [-0.2, 0) is 9.53 Å². The molecule has 2 saturated carbocycles. The maximum Gasteiger partial charge on any atom is 0.190 e. The lowest BCUT2D eigenvalue weighted by atomic mass is 9.63. The van der Waals surface area contributed by atoms with Gasteiger partial charge in [-0.3, -0.25) is 4.79 Å². The molecule has 7 atom stereocenters. The minimum Gasteiger partial charge on any atom is -0.392 e. The van der Waals surface area contributed by atoms with Gasteiger partial charge in [0.2, 0.25) is 0 Å². The number of carbonyl (C=O) groups is 1. The molecule has 28 heavy (non-hydrogen) atoms. The summed E-state index contributed by atoms with van der Waals surface area (Å²) >= 11 is 0. The fourth-order valence-corrected chi connectivity index (χ4v) is 7.09. The van der Waals surface area contributed by atoms with Crippen molar-refractivity contribution in [1.82, 2.24) is 0 Å². The number of ketones is 1. The summed E-state index contributed by atoms with van der Waals surface area (Å²) in [5.41, 5.74) is -0.0223. The Kier molecular flexibility index (Phi) is 4.54. The van der Waals surface area contributed by atoms with Crippen LogP contribution in [0.1, 0.15) is 54.4 Å². The van der Waals surface area contributed by atoms with Gasteiger partial charge in [0, 0.05) is 30.3 Å². The number of aliphatic hydroxyl groups is 2. The van der Waals surface area contributed by atoms with Crippen LogP contribution < -0.4 is 0 Å². The Hall–Kier alpha value is -0.970. The molecule has 0 amide bonds. The first kappa shape index (κ1) is 20.3. The summed E-state index contributed by atoms with van der Waals surface area (Å²) in [6, 6.07) is 0. The molecule has 4 nitrogen and oxygen atoms in total. The van der Waals surface area contributed by atoms with Crippen LogP contribution in [0.5, 0.6) is 0 Å². The van der Waals surface area contributed by atoms with Gasteiger partial charge in [-0.1, -0.05) is 46.8 Å². The molecule has 0 saturated heterocycles. The van der Waals surface area contributed by atoms with Gasteiger partial charge in [-0.15, -0.1) is 0 Å². The second-order valence-corrected chi connectivity index (χ2v) is 10.9. The molecule has 0 aromatic rings. The van der Waals surface area contributed by atoms with Crippen molar-refractivity contribution in [1.29, 1.82) is 0 Å². The second kappa shape index (κ2) is 6.26. The first-order chi connectivity index (χ1) is 13.0. The van der Waals surface area contributed by atoms with Crippen molar-refractivity contribution in [2.75, 3.05) is 13.2 Å². The highest BCUT2D eigenvalue weighted by Gasteiger charge is 2.78. The van der Waals surface area contributed by atoms with E-state index in [9.17, 15) is 15.0 Å². The Labute approximate surface area is 169 Å². The zero-order valence-corrected chi connectivity index (χ0v) is 18.2. The van der Waals surface area contributed by atoms with Crippen LogP contribution in [0.2, 0.25) is 0 Å². The summed E-state index contributed by atoms with van der Waals surface area (Å²) in [5.74, 6) is 1.23. The lowest BCUT2D eigenvalue weighted by Gasteiger charge is -2.44. The standard InChI is InChI=1S/C24H36O4/c1-13(2)12-28-24-9-15(4)19-17(20(24)22(24,5)6)8-16(11-25)10-23(27)18(19)7-14(3)21(23)26/h7-8,13,15,17-20,25,27H,9-12H2,1-6H3/t15-,17-,18+,19?,20-,23-,24+/m1/s1. The predicted octanol–water partition coefficient (Wildman–Crippen LogP) is 3.52. The molecule has 4 aliphatic carbocycles. The summed E-state index contributed by atoms with van der Waals surface area (Å²) in [6.07, 6.45) is 5.42. The van der Waals surface area contributed by atoms with E-state index in [1.165, 1.54) is 0 Å². The molecular formula is C24H36O4. The van der Waals surface area contributed by atoms with Crippen LogP contribution in [0.3, 0.4) is 0 Å². The van der Waals surface area contributed by atoms with Gasteiger partial charge in [0.25, 0.3) is 0 Å². The van der Waals surface area contributed by atoms with Gasteiger partial charge >= 0.3 is 0 Å². The molecule has 0 aromatic carbocycles. The third-order valence-electron chi connectivity index (χ3n) is 8.35. The van der Waals surface area contributed by atoms with Crippen LogP contribution in [-0.4, -0.2) is 40.4 Å². The molecular weight excluding hydrogens is 352 g/mol. The number of Topliss-reactive ketones (excluding diaryl/α,β-unsaturated/α-hetero) is 1. The minimum atomic E-state index is -1.40. The third kappa shape index (κ3) is 2.50. The molecule has 0 aliphatic heterocycles. The molecule has 4 heteroatoms. The predicted molar refractivity (Wildman–Crippen MR) is 109 cm³/mol. The van der Waals surface area contributed by atoms with Crippen molar-refractivity contribution in [2.45, 2.75) is 65.6 Å². The van der Waals surface area contributed by atoms with Crippen molar-refractivity contribution < 1.29 is 19.7 Å². The molecule has 0 aromatic heterocycles. The Morgan fingerprint density at radius 1 is 1.29 bits per heavy atom. The number of rotatable bonds is 4. The fourth-order valence-electron chi connectivity index (χ4n) is 7.09. The number of aliphatic hydroxyl groups excluding tert-OH is 1. The molecule has 0 heterocycles. The molecule has 0 spiro atoms. The van der Waals surface area contributed by atoms with E-state index in [4.69, 9.17) is 4.74 Å². The Balaban J connectivity index is 1.77. The van der Waals surface area contributed by atoms with Crippen LogP contribution in [0.15, 0.2) is 23.3 Å². The molecule has 2 N–H and O–H groups in total. The quantitative estimate of drug-likeness (QED) is 0.723.